The molecule has 0 bridgehead atoms. The third-order valence-electron chi connectivity index (χ3n) is 4.16. The molecule has 0 aromatic heterocycles. The smallest absolute Gasteiger partial charge is 0.306 e. The molecule has 6 heteroatoms. The van der Waals surface area contributed by atoms with Gasteiger partial charge >= 0.3 is 5.97 Å². The van der Waals surface area contributed by atoms with Crippen molar-refractivity contribution in [2.24, 2.45) is 0 Å². The molecule has 2 fully saturated rings. The number of carbonyl (C=O) groups is 1. The van der Waals surface area contributed by atoms with E-state index in [1.807, 2.05) is 0 Å². The first-order chi connectivity index (χ1) is 9.78. The minimum atomic E-state index is -0.111. The number of nitrogens with zero attached hydrogens (tertiary/aromatic N) is 3. The van der Waals surface area contributed by atoms with Crippen LogP contribution < -0.4 is 0 Å². The quantitative estimate of drug-likeness (QED) is 0.613. The summed E-state index contributed by atoms with van der Waals surface area (Å²) in [5.41, 5.74) is 0. The van der Waals surface area contributed by atoms with E-state index in [1.165, 1.54) is 7.11 Å². The minimum absolute atomic E-state index is 0.111. The van der Waals surface area contributed by atoms with E-state index < -0.39 is 0 Å². The number of hydrogen-bond donors (Lipinski definition) is 0. The van der Waals surface area contributed by atoms with Gasteiger partial charge in [0, 0.05) is 58.9 Å². The van der Waals surface area contributed by atoms with Crippen LogP contribution in [0, 0.1) is 0 Å². The van der Waals surface area contributed by atoms with Gasteiger partial charge in [0.05, 0.1) is 26.7 Å². The molecular weight excluding hydrogens is 258 g/mol. The number of rotatable bonds is 6. The highest BCUT2D eigenvalue weighted by atomic mass is 16.5. The molecule has 0 amide bonds. The van der Waals surface area contributed by atoms with Gasteiger partial charge < -0.3 is 14.4 Å². The van der Waals surface area contributed by atoms with Gasteiger partial charge in [-0.3, -0.25) is 14.6 Å². The second kappa shape index (κ2) is 8.56. The standard InChI is InChI=1S/C14H27N3O3/c1-19-14(18)2-3-15-4-6-16(7-5-15)8-9-17-10-12-20-13-11-17/h2-13H2,1H3. The van der Waals surface area contributed by atoms with Crippen LogP contribution in [0.1, 0.15) is 6.42 Å². The molecular formula is C14H27N3O3. The van der Waals surface area contributed by atoms with E-state index in [1.54, 1.807) is 0 Å². The minimum Gasteiger partial charge on any atom is -0.469 e. The number of ether oxygens (including phenoxy) is 2. The molecule has 0 unspecified atom stereocenters. The van der Waals surface area contributed by atoms with Crippen molar-refractivity contribution in [3.63, 3.8) is 0 Å². The lowest BCUT2D eigenvalue weighted by atomic mass is 10.3. The summed E-state index contributed by atoms with van der Waals surface area (Å²) in [4.78, 5) is 18.5. The number of carbonyl (C=O) groups excluding carboxylic acids is 1. The molecule has 0 aromatic carbocycles. The summed E-state index contributed by atoms with van der Waals surface area (Å²) in [6, 6.07) is 0. The van der Waals surface area contributed by atoms with E-state index in [2.05, 4.69) is 19.4 Å². The Balaban J connectivity index is 1.55. The summed E-state index contributed by atoms with van der Waals surface area (Å²) < 4.78 is 10.0. The van der Waals surface area contributed by atoms with Gasteiger partial charge in [-0.1, -0.05) is 0 Å². The zero-order chi connectivity index (χ0) is 14.2. The molecule has 0 atom stereocenters. The summed E-state index contributed by atoms with van der Waals surface area (Å²) in [6.45, 7) is 11.3. The fraction of sp³-hybridized carbons (Fsp3) is 0.929. The summed E-state index contributed by atoms with van der Waals surface area (Å²) in [7, 11) is 1.45. The zero-order valence-corrected chi connectivity index (χ0v) is 12.6. The molecule has 6 nitrogen and oxygen atoms in total. The van der Waals surface area contributed by atoms with Crippen LogP contribution in [0.5, 0.6) is 0 Å². The third-order valence-corrected chi connectivity index (χ3v) is 4.16. The first-order valence-corrected chi connectivity index (χ1v) is 7.59. The SMILES string of the molecule is COC(=O)CCN1CCN(CCN2CCOCC2)CC1. The Hall–Kier alpha value is -0.690. The van der Waals surface area contributed by atoms with Gasteiger partial charge in [-0.2, -0.15) is 0 Å². The van der Waals surface area contributed by atoms with Crippen LogP contribution in [0.15, 0.2) is 0 Å². The number of morpholine rings is 1. The Morgan fingerprint density at radius 3 is 1.95 bits per heavy atom. The van der Waals surface area contributed by atoms with Crippen LogP contribution in [0.4, 0.5) is 0 Å². The molecule has 2 aliphatic rings. The maximum atomic E-state index is 11.1. The van der Waals surface area contributed by atoms with Gasteiger partial charge in [-0.25, -0.2) is 0 Å². The molecule has 20 heavy (non-hydrogen) atoms. The summed E-state index contributed by atoms with van der Waals surface area (Å²) in [5.74, 6) is -0.111. The summed E-state index contributed by atoms with van der Waals surface area (Å²) >= 11 is 0. The van der Waals surface area contributed by atoms with Crippen LogP contribution in [0.3, 0.4) is 0 Å². The molecule has 0 aliphatic carbocycles. The van der Waals surface area contributed by atoms with E-state index in [9.17, 15) is 4.79 Å². The first kappa shape index (κ1) is 15.7. The average Bonchev–Trinajstić information content (AvgIpc) is 2.52. The Morgan fingerprint density at radius 1 is 0.900 bits per heavy atom. The lowest BCUT2D eigenvalue weighted by molar-refractivity contribution is -0.141. The fourth-order valence-electron chi connectivity index (χ4n) is 2.70. The van der Waals surface area contributed by atoms with Gasteiger partial charge in [0.15, 0.2) is 0 Å². The topological polar surface area (TPSA) is 45.2 Å². The second-order valence-corrected chi connectivity index (χ2v) is 5.46. The number of piperazine rings is 1. The predicted molar refractivity (Wildman–Crippen MR) is 76.8 cm³/mol. The van der Waals surface area contributed by atoms with Gasteiger partial charge in [-0.05, 0) is 0 Å². The summed E-state index contributed by atoms with van der Waals surface area (Å²) in [6.07, 6.45) is 0.504. The highest BCUT2D eigenvalue weighted by Gasteiger charge is 2.18. The van der Waals surface area contributed by atoms with Gasteiger partial charge in [0.25, 0.3) is 0 Å². The normalized spacial score (nSPS) is 22.9. The van der Waals surface area contributed by atoms with Crippen molar-refractivity contribution in [1.82, 2.24) is 14.7 Å². The molecule has 116 valence electrons. The van der Waals surface area contributed by atoms with E-state index in [0.29, 0.717) is 6.42 Å². The largest absolute Gasteiger partial charge is 0.469 e. The van der Waals surface area contributed by atoms with Crippen LogP contribution >= 0.6 is 0 Å². The van der Waals surface area contributed by atoms with Crippen LogP contribution in [0.2, 0.25) is 0 Å². The Morgan fingerprint density at radius 2 is 1.40 bits per heavy atom. The van der Waals surface area contributed by atoms with Crippen molar-refractivity contribution in [3.8, 4) is 0 Å². The Kier molecular flexibility index (Phi) is 6.72. The maximum absolute atomic E-state index is 11.1. The highest BCUT2D eigenvalue weighted by Crippen LogP contribution is 2.04. The number of hydrogen-bond acceptors (Lipinski definition) is 6. The lowest BCUT2D eigenvalue weighted by Gasteiger charge is -2.36. The molecule has 2 heterocycles. The number of methoxy groups -OCH3 is 1. The van der Waals surface area contributed by atoms with Crippen molar-refractivity contribution in [1.29, 1.82) is 0 Å². The highest BCUT2D eigenvalue weighted by molar-refractivity contribution is 5.69. The van der Waals surface area contributed by atoms with E-state index in [0.717, 1.165) is 72.1 Å². The maximum Gasteiger partial charge on any atom is 0.306 e. The monoisotopic (exact) mass is 285 g/mol. The van der Waals surface area contributed by atoms with Crippen molar-refractivity contribution in [2.75, 3.05) is 79.2 Å². The van der Waals surface area contributed by atoms with Gasteiger partial charge in [0.2, 0.25) is 0 Å². The van der Waals surface area contributed by atoms with E-state index in [4.69, 9.17) is 4.74 Å². The molecule has 0 saturated carbocycles. The molecule has 2 saturated heterocycles. The van der Waals surface area contributed by atoms with Crippen LogP contribution in [0.25, 0.3) is 0 Å². The lowest BCUT2D eigenvalue weighted by Crippen LogP contribution is -2.49. The second-order valence-electron chi connectivity index (χ2n) is 5.46. The third kappa shape index (κ3) is 5.36. The molecule has 0 radical (unpaired) electrons. The van der Waals surface area contributed by atoms with Crippen molar-refractivity contribution in [3.05, 3.63) is 0 Å². The fourth-order valence-corrected chi connectivity index (χ4v) is 2.70. The van der Waals surface area contributed by atoms with Gasteiger partial charge in [-0.15, -0.1) is 0 Å². The van der Waals surface area contributed by atoms with Crippen molar-refractivity contribution < 1.29 is 14.3 Å². The molecule has 0 N–H and O–H groups in total. The Bertz CT molecular complexity index is 287. The average molecular weight is 285 g/mol. The van der Waals surface area contributed by atoms with E-state index >= 15 is 0 Å². The molecule has 2 rings (SSSR count). The van der Waals surface area contributed by atoms with Crippen molar-refractivity contribution in [2.45, 2.75) is 6.42 Å². The van der Waals surface area contributed by atoms with Gasteiger partial charge in [0.1, 0.15) is 0 Å². The number of esters is 1. The Labute approximate surface area is 121 Å². The van der Waals surface area contributed by atoms with Crippen molar-refractivity contribution >= 4 is 5.97 Å². The zero-order valence-electron chi connectivity index (χ0n) is 12.6. The van der Waals surface area contributed by atoms with Crippen LogP contribution in [-0.4, -0.2) is 99.9 Å². The molecule has 0 spiro atoms. The first-order valence-electron chi connectivity index (χ1n) is 7.59. The molecule has 0 aromatic rings. The van der Waals surface area contributed by atoms with E-state index in [-0.39, 0.29) is 5.97 Å². The predicted octanol–water partition coefficient (Wildman–Crippen LogP) is -0.501. The summed E-state index contributed by atoms with van der Waals surface area (Å²) in [5, 5.41) is 0. The molecule has 2 aliphatic heterocycles. The van der Waals surface area contributed by atoms with Crippen LogP contribution in [-0.2, 0) is 14.3 Å².